The minimum atomic E-state index is -1.50. The topological polar surface area (TPSA) is 108 Å². The number of likely N-dealkylation sites (N-methyl/N-ethyl adjacent to an activating group) is 1. The summed E-state index contributed by atoms with van der Waals surface area (Å²) in [4.78, 5) is 36.6. The van der Waals surface area contributed by atoms with Gasteiger partial charge in [-0.1, -0.05) is 117 Å². The number of ether oxygens (including phenoxy) is 4. The molecule has 2 unspecified atom stereocenters. The summed E-state index contributed by atoms with van der Waals surface area (Å²) in [5.41, 5.74) is 0. The molecule has 0 rings (SSSR count). The lowest BCUT2D eigenvalue weighted by molar-refractivity contribution is -0.870. The van der Waals surface area contributed by atoms with Crippen LogP contribution in [-0.4, -0.2) is 87.4 Å². The number of esters is 2. The van der Waals surface area contributed by atoms with Crippen LogP contribution in [0.4, 0.5) is 0 Å². The molecule has 0 amide bonds. The summed E-state index contributed by atoms with van der Waals surface area (Å²) >= 11 is 0. The number of aliphatic carboxylic acids is 1. The van der Waals surface area contributed by atoms with Gasteiger partial charge < -0.3 is 28.5 Å². The number of quaternary nitrogens is 1. The summed E-state index contributed by atoms with van der Waals surface area (Å²) in [5.74, 6) is -2.01. The van der Waals surface area contributed by atoms with Crippen molar-refractivity contribution >= 4 is 17.9 Å². The summed E-state index contributed by atoms with van der Waals surface area (Å²) in [6, 6.07) is 0. The number of carbonyl (C=O) groups is 3. The summed E-state index contributed by atoms with van der Waals surface area (Å²) < 4.78 is 22.5. The zero-order valence-electron chi connectivity index (χ0n) is 28.4. The van der Waals surface area contributed by atoms with E-state index >= 15 is 0 Å². The van der Waals surface area contributed by atoms with E-state index in [4.69, 9.17) is 18.9 Å². The van der Waals surface area contributed by atoms with Gasteiger partial charge in [-0.05, 0) is 12.8 Å². The fourth-order valence-corrected chi connectivity index (χ4v) is 4.60. The molecule has 0 fully saturated rings. The maximum Gasteiger partial charge on any atom is 0.361 e. The molecule has 0 saturated carbocycles. The van der Waals surface area contributed by atoms with Crippen LogP contribution in [0.25, 0.3) is 0 Å². The molecule has 0 saturated heterocycles. The molecule has 2 atom stereocenters. The van der Waals surface area contributed by atoms with Crippen LogP contribution < -0.4 is 0 Å². The Morgan fingerprint density at radius 2 is 1.05 bits per heavy atom. The molecule has 0 aromatic rings. The van der Waals surface area contributed by atoms with Crippen molar-refractivity contribution in [3.8, 4) is 0 Å². The molecule has 254 valence electrons. The fourth-order valence-electron chi connectivity index (χ4n) is 4.60. The Kier molecular flexibility index (Phi) is 26.7. The van der Waals surface area contributed by atoms with Gasteiger partial charge in [0.15, 0.2) is 6.10 Å². The van der Waals surface area contributed by atoms with E-state index in [-0.39, 0.29) is 32.2 Å². The molecule has 1 N–H and O–H groups in total. The van der Waals surface area contributed by atoms with Crippen LogP contribution in [0.1, 0.15) is 142 Å². The highest BCUT2D eigenvalue weighted by molar-refractivity contribution is 5.71. The number of hydrogen-bond acceptors (Lipinski definition) is 7. The van der Waals surface area contributed by atoms with E-state index in [1.807, 2.05) is 21.1 Å². The quantitative estimate of drug-likeness (QED) is 0.0371. The second-order valence-corrected chi connectivity index (χ2v) is 12.8. The summed E-state index contributed by atoms with van der Waals surface area (Å²) in [5, 5.41) is 9.53. The second-order valence-electron chi connectivity index (χ2n) is 12.8. The molecule has 0 aliphatic heterocycles. The van der Waals surface area contributed by atoms with Gasteiger partial charge in [-0.15, -0.1) is 0 Å². The number of carbonyl (C=O) groups excluding carboxylic acids is 2. The first-order chi connectivity index (χ1) is 20.6. The molecular formula is C34H66NO8+. The molecule has 0 heterocycles. The largest absolute Gasteiger partial charge is 0.477 e. The minimum Gasteiger partial charge on any atom is -0.477 e. The predicted molar refractivity (Wildman–Crippen MR) is 171 cm³/mol. The van der Waals surface area contributed by atoms with E-state index in [9.17, 15) is 19.5 Å². The smallest absolute Gasteiger partial charge is 0.361 e. The molecule has 0 spiro atoms. The monoisotopic (exact) mass is 616 g/mol. The lowest BCUT2D eigenvalue weighted by atomic mass is 10.1. The average molecular weight is 617 g/mol. The van der Waals surface area contributed by atoms with Crippen molar-refractivity contribution in [1.29, 1.82) is 0 Å². The Bertz CT molecular complexity index is 694. The number of nitrogens with zero attached hydrogens (tertiary/aromatic N) is 1. The zero-order chi connectivity index (χ0) is 32.2. The highest BCUT2D eigenvalue weighted by Crippen LogP contribution is 2.13. The van der Waals surface area contributed by atoms with Gasteiger partial charge in [0.25, 0.3) is 6.29 Å². The molecule has 0 aromatic carbocycles. The van der Waals surface area contributed by atoms with Gasteiger partial charge in [0.05, 0.1) is 34.4 Å². The molecular weight excluding hydrogens is 550 g/mol. The van der Waals surface area contributed by atoms with E-state index in [0.717, 1.165) is 38.5 Å². The van der Waals surface area contributed by atoms with Crippen LogP contribution in [0.15, 0.2) is 0 Å². The molecule has 0 radical (unpaired) electrons. The van der Waals surface area contributed by atoms with Crippen molar-refractivity contribution in [1.82, 2.24) is 0 Å². The maximum atomic E-state index is 12.6. The van der Waals surface area contributed by atoms with Crippen molar-refractivity contribution < 1.29 is 42.9 Å². The number of unbranched alkanes of at least 4 members (excludes halogenated alkanes) is 16. The first-order valence-electron chi connectivity index (χ1n) is 17.2. The van der Waals surface area contributed by atoms with Gasteiger partial charge in [-0.25, -0.2) is 4.79 Å². The lowest BCUT2D eigenvalue weighted by Crippen LogP contribution is -2.40. The number of carboxylic acids is 1. The van der Waals surface area contributed by atoms with E-state index in [2.05, 4.69) is 13.8 Å². The van der Waals surface area contributed by atoms with Crippen LogP contribution in [-0.2, 0) is 33.3 Å². The third kappa shape index (κ3) is 28.8. The molecule has 9 nitrogen and oxygen atoms in total. The molecule has 9 heteroatoms. The van der Waals surface area contributed by atoms with Gasteiger partial charge in [0, 0.05) is 12.8 Å². The standard InChI is InChI=1S/C34H65NO8/c1-6-8-10-12-14-16-17-19-21-23-25-32(37)43-30(29-42-34(33(38)39)40-27-26-35(3,4)5)28-41-31(36)24-22-20-18-15-13-11-9-7-2/h30,34H,6-29H2,1-5H3/p+1. The van der Waals surface area contributed by atoms with Gasteiger partial charge in [0.2, 0.25) is 0 Å². The highest BCUT2D eigenvalue weighted by atomic mass is 16.7. The number of carboxylic acid groups (broad SMARTS) is 1. The van der Waals surface area contributed by atoms with Crippen molar-refractivity contribution in [2.24, 2.45) is 0 Å². The van der Waals surface area contributed by atoms with Crippen LogP contribution in [0, 0.1) is 0 Å². The number of hydrogen-bond donors (Lipinski definition) is 1. The normalized spacial score (nSPS) is 13.0. The van der Waals surface area contributed by atoms with Crippen LogP contribution in [0.3, 0.4) is 0 Å². The van der Waals surface area contributed by atoms with E-state index in [1.54, 1.807) is 0 Å². The number of rotatable bonds is 31. The Balaban J connectivity index is 4.60. The van der Waals surface area contributed by atoms with Gasteiger partial charge in [-0.2, -0.15) is 0 Å². The fraction of sp³-hybridized carbons (Fsp3) is 0.912. The Morgan fingerprint density at radius 1 is 0.605 bits per heavy atom. The van der Waals surface area contributed by atoms with Crippen LogP contribution >= 0.6 is 0 Å². The zero-order valence-corrected chi connectivity index (χ0v) is 28.4. The SMILES string of the molecule is CCCCCCCCCCCCC(=O)OC(COC(=O)CCCCCCCCCC)COC(OCC[N+](C)(C)C)C(=O)O. The highest BCUT2D eigenvalue weighted by Gasteiger charge is 2.25. The molecule has 0 aromatic heterocycles. The van der Waals surface area contributed by atoms with Crippen molar-refractivity contribution in [3.63, 3.8) is 0 Å². The third-order valence-electron chi connectivity index (χ3n) is 7.36. The summed E-state index contributed by atoms with van der Waals surface area (Å²) in [6.45, 7) is 4.80. The van der Waals surface area contributed by atoms with Crippen LogP contribution in [0.2, 0.25) is 0 Å². The van der Waals surface area contributed by atoms with E-state index in [1.165, 1.54) is 77.0 Å². The minimum absolute atomic E-state index is 0.176. The molecule has 43 heavy (non-hydrogen) atoms. The summed E-state index contributed by atoms with van der Waals surface area (Å²) in [7, 11) is 5.93. The average Bonchev–Trinajstić information content (AvgIpc) is 2.94. The van der Waals surface area contributed by atoms with E-state index < -0.39 is 24.3 Å². The van der Waals surface area contributed by atoms with Crippen LogP contribution in [0.5, 0.6) is 0 Å². The first-order valence-corrected chi connectivity index (χ1v) is 17.2. The van der Waals surface area contributed by atoms with Crippen molar-refractivity contribution in [2.45, 2.75) is 155 Å². The third-order valence-corrected chi connectivity index (χ3v) is 7.36. The van der Waals surface area contributed by atoms with Gasteiger partial charge >= 0.3 is 17.9 Å². The Labute approximate surface area is 262 Å². The van der Waals surface area contributed by atoms with Crippen molar-refractivity contribution in [3.05, 3.63) is 0 Å². The van der Waals surface area contributed by atoms with E-state index in [0.29, 0.717) is 17.4 Å². The van der Waals surface area contributed by atoms with Gasteiger partial charge in [-0.3, -0.25) is 9.59 Å². The Morgan fingerprint density at radius 3 is 1.49 bits per heavy atom. The molecule has 0 bridgehead atoms. The predicted octanol–water partition coefficient (Wildman–Crippen LogP) is 7.43. The molecule has 0 aliphatic rings. The summed E-state index contributed by atoms with van der Waals surface area (Å²) in [6.07, 6.45) is 18.9. The first kappa shape index (κ1) is 41.3. The Hall–Kier alpha value is -1.71. The lowest BCUT2D eigenvalue weighted by Gasteiger charge is -2.25. The second kappa shape index (κ2) is 27.8. The maximum absolute atomic E-state index is 12.6. The van der Waals surface area contributed by atoms with Gasteiger partial charge in [0.1, 0.15) is 13.2 Å². The van der Waals surface area contributed by atoms with Crippen molar-refractivity contribution in [2.75, 3.05) is 47.5 Å². The molecule has 0 aliphatic carbocycles.